The number of nitrogens with zero attached hydrogens (tertiary/aromatic N) is 2. The number of halogens is 2. The fraction of sp³-hybridized carbons (Fsp3) is 0.250. The van der Waals surface area contributed by atoms with E-state index in [0.29, 0.717) is 11.6 Å². The van der Waals surface area contributed by atoms with Crippen molar-refractivity contribution in [2.75, 3.05) is 5.32 Å². The van der Waals surface area contributed by atoms with Crippen molar-refractivity contribution < 1.29 is 8.78 Å². The Labute approximate surface area is 98.1 Å². The molecule has 0 bridgehead atoms. The lowest BCUT2D eigenvalue weighted by Gasteiger charge is -2.12. The van der Waals surface area contributed by atoms with Crippen LogP contribution in [0.3, 0.4) is 0 Å². The van der Waals surface area contributed by atoms with E-state index in [0.717, 1.165) is 12.1 Å². The molecule has 90 valence electrons. The molecule has 0 radical (unpaired) electrons. The number of anilines is 1. The van der Waals surface area contributed by atoms with Crippen molar-refractivity contribution in [3.63, 3.8) is 0 Å². The van der Waals surface area contributed by atoms with Crippen LogP contribution >= 0.6 is 0 Å². The van der Waals surface area contributed by atoms with Crippen LogP contribution in [0.2, 0.25) is 0 Å². The van der Waals surface area contributed by atoms with Gasteiger partial charge in [-0.05, 0) is 26.0 Å². The molecule has 0 fully saturated rings. The molecule has 2 aromatic rings. The maximum Gasteiger partial charge on any atom is 0.207 e. The topological polar surface area (TPSA) is 29.9 Å². The molecule has 0 saturated heterocycles. The first kappa shape index (κ1) is 11.6. The highest BCUT2D eigenvalue weighted by molar-refractivity contribution is 5.42. The van der Waals surface area contributed by atoms with Gasteiger partial charge in [-0.3, -0.25) is 4.57 Å². The van der Waals surface area contributed by atoms with Gasteiger partial charge in [0.25, 0.3) is 0 Å². The van der Waals surface area contributed by atoms with E-state index in [1.54, 1.807) is 17.0 Å². The molecule has 0 spiro atoms. The van der Waals surface area contributed by atoms with E-state index in [4.69, 9.17) is 0 Å². The zero-order chi connectivity index (χ0) is 12.4. The number of aromatic nitrogens is 2. The largest absolute Gasteiger partial charge is 0.353 e. The van der Waals surface area contributed by atoms with Gasteiger partial charge in [-0.2, -0.15) is 0 Å². The smallest absolute Gasteiger partial charge is 0.207 e. The lowest BCUT2D eigenvalue weighted by molar-refractivity contribution is 0.508. The highest BCUT2D eigenvalue weighted by atomic mass is 19.2. The molecule has 1 heterocycles. The summed E-state index contributed by atoms with van der Waals surface area (Å²) < 4.78 is 27.6. The summed E-state index contributed by atoms with van der Waals surface area (Å²) in [6.07, 6.45) is 3.30. The molecule has 1 aromatic carbocycles. The van der Waals surface area contributed by atoms with E-state index in [1.807, 2.05) is 13.8 Å². The van der Waals surface area contributed by atoms with Crippen LogP contribution in [0.4, 0.5) is 14.7 Å². The van der Waals surface area contributed by atoms with Crippen molar-refractivity contribution in [1.82, 2.24) is 9.55 Å². The number of hydrogen-bond donors (Lipinski definition) is 1. The second kappa shape index (κ2) is 4.53. The van der Waals surface area contributed by atoms with Gasteiger partial charge in [0.1, 0.15) is 0 Å². The highest BCUT2D eigenvalue weighted by Gasteiger charge is 2.08. The van der Waals surface area contributed by atoms with Crippen molar-refractivity contribution in [2.45, 2.75) is 19.9 Å². The van der Waals surface area contributed by atoms with Gasteiger partial charge in [0.2, 0.25) is 5.95 Å². The summed E-state index contributed by atoms with van der Waals surface area (Å²) in [5.41, 5.74) is 0.532. The van der Waals surface area contributed by atoms with Gasteiger partial charge in [0.05, 0.1) is 5.69 Å². The Hall–Kier alpha value is -1.91. The summed E-state index contributed by atoms with van der Waals surface area (Å²) in [5, 5.41) is 3.12. The average molecular weight is 237 g/mol. The molecule has 0 aliphatic carbocycles. The molecule has 0 aliphatic rings. The van der Waals surface area contributed by atoms with Gasteiger partial charge in [-0.25, -0.2) is 13.8 Å². The van der Waals surface area contributed by atoms with Crippen LogP contribution in [-0.2, 0) is 0 Å². The number of hydrogen-bond acceptors (Lipinski definition) is 2. The van der Waals surface area contributed by atoms with Gasteiger partial charge in [-0.15, -0.1) is 0 Å². The molecule has 5 heteroatoms. The number of benzene rings is 1. The monoisotopic (exact) mass is 237 g/mol. The molecule has 3 nitrogen and oxygen atoms in total. The summed E-state index contributed by atoms with van der Waals surface area (Å²) >= 11 is 0. The van der Waals surface area contributed by atoms with Crippen LogP contribution in [-0.4, -0.2) is 15.6 Å². The average Bonchev–Trinajstić information content (AvgIpc) is 2.69. The summed E-state index contributed by atoms with van der Waals surface area (Å²) in [6, 6.07) is 3.96. The first-order valence-electron chi connectivity index (χ1n) is 5.33. The van der Waals surface area contributed by atoms with Crippen molar-refractivity contribution >= 4 is 5.95 Å². The third-order valence-electron chi connectivity index (χ3n) is 2.24. The van der Waals surface area contributed by atoms with Gasteiger partial charge < -0.3 is 5.32 Å². The zero-order valence-electron chi connectivity index (χ0n) is 9.61. The Balaban J connectivity index is 2.39. The minimum Gasteiger partial charge on any atom is -0.353 e. The third-order valence-corrected chi connectivity index (χ3v) is 2.24. The normalized spacial score (nSPS) is 10.9. The number of imidazole rings is 1. The maximum absolute atomic E-state index is 13.1. The molecule has 0 aliphatic heterocycles. The summed E-state index contributed by atoms with van der Waals surface area (Å²) in [6.45, 7) is 3.95. The Kier molecular flexibility index (Phi) is 3.08. The first-order chi connectivity index (χ1) is 8.08. The van der Waals surface area contributed by atoms with E-state index in [1.165, 1.54) is 6.07 Å². The fourth-order valence-corrected chi connectivity index (χ4v) is 1.51. The van der Waals surface area contributed by atoms with Crippen LogP contribution in [0.15, 0.2) is 30.6 Å². The van der Waals surface area contributed by atoms with Crippen LogP contribution in [0.5, 0.6) is 0 Å². The van der Waals surface area contributed by atoms with Crippen molar-refractivity contribution in [3.8, 4) is 5.69 Å². The number of rotatable bonds is 3. The SMILES string of the molecule is CC(C)Nc1nccn1-c1ccc(F)c(F)c1. The van der Waals surface area contributed by atoms with Crippen LogP contribution in [0.25, 0.3) is 5.69 Å². The lowest BCUT2D eigenvalue weighted by Crippen LogP contribution is -2.14. The zero-order valence-corrected chi connectivity index (χ0v) is 9.61. The Bertz CT molecular complexity index is 520. The molecule has 0 unspecified atom stereocenters. The minimum absolute atomic E-state index is 0.210. The van der Waals surface area contributed by atoms with E-state index >= 15 is 0 Å². The van der Waals surface area contributed by atoms with Crippen LogP contribution in [0.1, 0.15) is 13.8 Å². The third kappa shape index (κ3) is 2.43. The van der Waals surface area contributed by atoms with Crippen molar-refractivity contribution in [2.24, 2.45) is 0 Å². The fourth-order valence-electron chi connectivity index (χ4n) is 1.51. The van der Waals surface area contributed by atoms with E-state index in [-0.39, 0.29) is 6.04 Å². The van der Waals surface area contributed by atoms with Crippen molar-refractivity contribution in [3.05, 3.63) is 42.2 Å². The predicted octanol–water partition coefficient (Wildman–Crippen LogP) is 2.97. The lowest BCUT2D eigenvalue weighted by atomic mass is 10.3. The maximum atomic E-state index is 13.1. The van der Waals surface area contributed by atoms with Gasteiger partial charge in [0, 0.05) is 24.5 Å². The first-order valence-corrected chi connectivity index (χ1v) is 5.33. The molecule has 0 amide bonds. The summed E-state index contributed by atoms with van der Waals surface area (Å²) in [5.74, 6) is -1.12. The molecule has 1 aromatic heterocycles. The van der Waals surface area contributed by atoms with Gasteiger partial charge in [-0.1, -0.05) is 0 Å². The number of nitrogens with one attached hydrogen (secondary N) is 1. The van der Waals surface area contributed by atoms with E-state index in [9.17, 15) is 8.78 Å². The van der Waals surface area contributed by atoms with E-state index in [2.05, 4.69) is 10.3 Å². The standard InChI is InChI=1S/C12H13F2N3/c1-8(2)16-12-15-5-6-17(12)9-3-4-10(13)11(14)7-9/h3-8H,1-2H3,(H,15,16). The van der Waals surface area contributed by atoms with Crippen LogP contribution < -0.4 is 5.32 Å². The summed E-state index contributed by atoms with van der Waals surface area (Å²) in [7, 11) is 0. The Morgan fingerprint density at radius 2 is 2.00 bits per heavy atom. The predicted molar refractivity (Wildman–Crippen MR) is 62.2 cm³/mol. The van der Waals surface area contributed by atoms with E-state index < -0.39 is 11.6 Å². The molecule has 17 heavy (non-hydrogen) atoms. The Morgan fingerprint density at radius 1 is 1.24 bits per heavy atom. The van der Waals surface area contributed by atoms with Gasteiger partial charge in [0.15, 0.2) is 11.6 Å². The molecule has 1 N–H and O–H groups in total. The van der Waals surface area contributed by atoms with Crippen LogP contribution in [0, 0.1) is 11.6 Å². The highest BCUT2D eigenvalue weighted by Crippen LogP contribution is 2.17. The molecule has 2 rings (SSSR count). The molecule has 0 atom stereocenters. The minimum atomic E-state index is -0.869. The van der Waals surface area contributed by atoms with Crippen molar-refractivity contribution in [1.29, 1.82) is 0 Å². The summed E-state index contributed by atoms with van der Waals surface area (Å²) in [4.78, 5) is 4.12. The van der Waals surface area contributed by atoms with Gasteiger partial charge >= 0.3 is 0 Å². The second-order valence-corrected chi connectivity index (χ2v) is 4.02. The quantitative estimate of drug-likeness (QED) is 0.889. The Morgan fingerprint density at radius 3 is 2.65 bits per heavy atom. The molecular weight excluding hydrogens is 224 g/mol. The molecule has 0 saturated carbocycles. The molecular formula is C12H13F2N3. The second-order valence-electron chi connectivity index (χ2n) is 4.02.